The van der Waals surface area contributed by atoms with Gasteiger partial charge in [0.05, 0.1) is 6.04 Å². The molecule has 0 spiro atoms. The van der Waals surface area contributed by atoms with Crippen molar-refractivity contribution >= 4 is 16.9 Å². The van der Waals surface area contributed by atoms with Crippen LogP contribution in [0, 0.1) is 11.8 Å². The van der Waals surface area contributed by atoms with Gasteiger partial charge in [0.25, 0.3) is 0 Å². The van der Waals surface area contributed by atoms with Crippen molar-refractivity contribution in [3.05, 3.63) is 0 Å². The van der Waals surface area contributed by atoms with Gasteiger partial charge in [-0.3, -0.25) is 4.99 Å². The zero-order valence-corrected chi connectivity index (χ0v) is 11.7. The SMILES string of the molecule is CC(C)CC1CSC(NC(C)(C)C2CC2)=N1. The molecule has 1 unspecified atom stereocenters. The first-order chi connectivity index (χ1) is 7.47. The maximum Gasteiger partial charge on any atom is 0.157 e. The lowest BCUT2D eigenvalue weighted by Crippen LogP contribution is -2.43. The van der Waals surface area contributed by atoms with Crippen LogP contribution in [0.4, 0.5) is 0 Å². The predicted octanol–water partition coefficient (Wildman–Crippen LogP) is 3.28. The molecule has 0 bridgehead atoms. The number of hydrogen-bond acceptors (Lipinski definition) is 3. The predicted molar refractivity (Wildman–Crippen MR) is 73.1 cm³/mol. The van der Waals surface area contributed by atoms with Crippen LogP contribution in [-0.2, 0) is 0 Å². The lowest BCUT2D eigenvalue weighted by molar-refractivity contribution is 0.403. The topological polar surface area (TPSA) is 24.4 Å². The molecular weight excluding hydrogens is 216 g/mol. The largest absolute Gasteiger partial charge is 0.360 e. The number of hydrogen-bond donors (Lipinski definition) is 1. The standard InChI is InChI=1S/C13H24N2S/c1-9(2)7-11-8-16-12(14-11)15-13(3,4)10-5-6-10/h9-11H,5-8H2,1-4H3,(H,14,15). The molecule has 2 nitrogen and oxygen atoms in total. The third-order valence-electron chi connectivity index (χ3n) is 3.48. The van der Waals surface area contributed by atoms with Crippen LogP contribution in [0.25, 0.3) is 0 Å². The van der Waals surface area contributed by atoms with E-state index in [9.17, 15) is 0 Å². The summed E-state index contributed by atoms with van der Waals surface area (Å²) in [6.07, 6.45) is 3.99. The Balaban J connectivity index is 1.86. The van der Waals surface area contributed by atoms with Crippen LogP contribution in [0.3, 0.4) is 0 Å². The highest BCUT2D eigenvalue weighted by atomic mass is 32.2. The summed E-state index contributed by atoms with van der Waals surface area (Å²) in [5.41, 5.74) is 0.249. The molecule has 0 aromatic heterocycles. The first-order valence-corrected chi connectivity index (χ1v) is 7.44. The molecule has 2 rings (SSSR count). The maximum atomic E-state index is 4.79. The Morgan fingerprint density at radius 2 is 2.12 bits per heavy atom. The average molecular weight is 240 g/mol. The van der Waals surface area contributed by atoms with Gasteiger partial charge in [-0.25, -0.2) is 0 Å². The molecule has 1 fully saturated rings. The molecule has 0 saturated heterocycles. The summed E-state index contributed by atoms with van der Waals surface area (Å²) < 4.78 is 0. The Labute approximate surface area is 104 Å². The van der Waals surface area contributed by atoms with E-state index in [0.717, 1.165) is 11.8 Å². The molecule has 0 aromatic carbocycles. The molecule has 1 aliphatic heterocycles. The molecule has 2 aliphatic rings. The Hall–Kier alpha value is -0.180. The number of thioether (sulfide) groups is 1. The highest BCUT2D eigenvalue weighted by molar-refractivity contribution is 8.14. The van der Waals surface area contributed by atoms with Gasteiger partial charge in [-0.15, -0.1) is 0 Å². The van der Waals surface area contributed by atoms with Crippen molar-refractivity contribution in [2.75, 3.05) is 5.75 Å². The van der Waals surface area contributed by atoms with Gasteiger partial charge in [0, 0.05) is 11.3 Å². The van der Waals surface area contributed by atoms with E-state index < -0.39 is 0 Å². The van der Waals surface area contributed by atoms with Gasteiger partial charge in [-0.2, -0.15) is 0 Å². The molecule has 1 heterocycles. The fourth-order valence-electron chi connectivity index (χ4n) is 2.33. The Morgan fingerprint density at radius 3 is 2.69 bits per heavy atom. The van der Waals surface area contributed by atoms with Crippen molar-refractivity contribution in [3.8, 4) is 0 Å². The average Bonchev–Trinajstić information content (AvgIpc) is 2.91. The zero-order chi connectivity index (χ0) is 11.8. The fraction of sp³-hybridized carbons (Fsp3) is 0.923. The molecule has 1 saturated carbocycles. The van der Waals surface area contributed by atoms with E-state index in [0.29, 0.717) is 6.04 Å². The van der Waals surface area contributed by atoms with E-state index in [-0.39, 0.29) is 5.54 Å². The third-order valence-corrected chi connectivity index (χ3v) is 4.52. The molecule has 0 aromatic rings. The van der Waals surface area contributed by atoms with Gasteiger partial charge < -0.3 is 5.32 Å². The lowest BCUT2D eigenvalue weighted by atomic mass is 9.99. The second-order valence-electron chi connectivity index (χ2n) is 6.15. The van der Waals surface area contributed by atoms with Crippen LogP contribution in [0.1, 0.15) is 47.0 Å². The zero-order valence-electron chi connectivity index (χ0n) is 10.9. The summed E-state index contributed by atoms with van der Waals surface area (Å²) in [7, 11) is 0. The normalized spacial score (nSPS) is 26.1. The Kier molecular flexibility index (Phi) is 3.53. The summed E-state index contributed by atoms with van der Waals surface area (Å²) in [6, 6.07) is 0.544. The van der Waals surface area contributed by atoms with Gasteiger partial charge in [0.1, 0.15) is 0 Å². The van der Waals surface area contributed by atoms with Crippen molar-refractivity contribution in [2.24, 2.45) is 16.8 Å². The van der Waals surface area contributed by atoms with Crippen molar-refractivity contribution < 1.29 is 0 Å². The van der Waals surface area contributed by atoms with Crippen molar-refractivity contribution in [1.82, 2.24) is 5.32 Å². The van der Waals surface area contributed by atoms with Crippen molar-refractivity contribution in [1.29, 1.82) is 0 Å². The minimum atomic E-state index is 0.249. The summed E-state index contributed by atoms with van der Waals surface area (Å²) in [5, 5.41) is 4.82. The molecule has 3 heteroatoms. The van der Waals surface area contributed by atoms with Crippen LogP contribution in [0.2, 0.25) is 0 Å². The van der Waals surface area contributed by atoms with Gasteiger partial charge in [0.2, 0.25) is 0 Å². The van der Waals surface area contributed by atoms with Crippen molar-refractivity contribution in [3.63, 3.8) is 0 Å². The highest BCUT2D eigenvalue weighted by Crippen LogP contribution is 2.39. The second-order valence-corrected chi connectivity index (χ2v) is 7.16. The molecule has 0 amide bonds. The smallest absolute Gasteiger partial charge is 0.157 e. The highest BCUT2D eigenvalue weighted by Gasteiger charge is 2.39. The van der Waals surface area contributed by atoms with E-state index in [1.54, 1.807) is 0 Å². The lowest BCUT2D eigenvalue weighted by Gasteiger charge is -2.26. The molecule has 1 atom stereocenters. The van der Waals surface area contributed by atoms with E-state index in [4.69, 9.17) is 4.99 Å². The van der Waals surface area contributed by atoms with Gasteiger partial charge in [0.15, 0.2) is 5.17 Å². The molecular formula is C13H24N2S. The molecule has 1 N–H and O–H groups in total. The number of aliphatic imine (C=N–C) groups is 1. The van der Waals surface area contributed by atoms with Crippen LogP contribution in [0.15, 0.2) is 4.99 Å². The molecule has 1 aliphatic carbocycles. The van der Waals surface area contributed by atoms with Gasteiger partial charge >= 0.3 is 0 Å². The van der Waals surface area contributed by atoms with Gasteiger partial charge in [-0.1, -0.05) is 25.6 Å². The molecule has 16 heavy (non-hydrogen) atoms. The van der Waals surface area contributed by atoms with E-state index in [1.165, 1.54) is 30.2 Å². The summed E-state index contributed by atoms with van der Waals surface area (Å²) >= 11 is 1.90. The Morgan fingerprint density at radius 1 is 1.44 bits per heavy atom. The van der Waals surface area contributed by atoms with Crippen LogP contribution in [-0.4, -0.2) is 22.5 Å². The quantitative estimate of drug-likeness (QED) is 0.815. The minimum Gasteiger partial charge on any atom is -0.360 e. The summed E-state index contributed by atoms with van der Waals surface area (Å²) in [4.78, 5) is 4.79. The third kappa shape index (κ3) is 3.16. The minimum absolute atomic E-state index is 0.249. The van der Waals surface area contributed by atoms with Crippen molar-refractivity contribution in [2.45, 2.75) is 58.5 Å². The van der Waals surface area contributed by atoms with Gasteiger partial charge in [-0.05, 0) is 44.9 Å². The van der Waals surface area contributed by atoms with Crippen LogP contribution >= 0.6 is 11.8 Å². The number of nitrogens with zero attached hydrogens (tertiary/aromatic N) is 1. The van der Waals surface area contributed by atoms with Crippen LogP contribution in [0.5, 0.6) is 0 Å². The number of rotatable bonds is 4. The molecule has 92 valence electrons. The number of amidine groups is 1. The second kappa shape index (κ2) is 4.59. The molecule has 0 radical (unpaired) electrons. The number of nitrogens with one attached hydrogen (secondary N) is 1. The Bertz CT molecular complexity index is 280. The monoisotopic (exact) mass is 240 g/mol. The van der Waals surface area contributed by atoms with E-state index in [2.05, 4.69) is 33.0 Å². The summed E-state index contributed by atoms with van der Waals surface area (Å²) in [6.45, 7) is 9.17. The fourth-order valence-corrected chi connectivity index (χ4v) is 3.45. The first kappa shape index (κ1) is 12.3. The maximum absolute atomic E-state index is 4.79. The summed E-state index contributed by atoms with van der Waals surface area (Å²) in [5.74, 6) is 2.78. The first-order valence-electron chi connectivity index (χ1n) is 6.46. The van der Waals surface area contributed by atoms with E-state index in [1.807, 2.05) is 11.8 Å². The van der Waals surface area contributed by atoms with E-state index >= 15 is 0 Å². The van der Waals surface area contributed by atoms with Crippen LogP contribution < -0.4 is 5.32 Å².